The molecule has 0 aliphatic carbocycles. The van der Waals surface area contributed by atoms with Gasteiger partial charge in [-0.25, -0.2) is 0 Å². The third-order valence-corrected chi connectivity index (χ3v) is 17.5. The van der Waals surface area contributed by atoms with Gasteiger partial charge in [-0.15, -0.1) is 23.5 Å². The van der Waals surface area contributed by atoms with Crippen LogP contribution in [-0.2, 0) is 38.5 Å². The van der Waals surface area contributed by atoms with Crippen LogP contribution in [0.15, 0.2) is 91.0 Å². The number of rotatable bonds is 22. The van der Waals surface area contributed by atoms with Gasteiger partial charge in [-0.05, 0) is 44.8 Å². The molecule has 0 aliphatic heterocycles. The fourth-order valence-electron chi connectivity index (χ4n) is 6.58. The molecule has 0 bridgehead atoms. The molecule has 0 saturated heterocycles. The van der Waals surface area contributed by atoms with Crippen LogP contribution >= 0.6 is 23.5 Å². The fraction of sp³-hybridized carbons (Fsp3) is 0.538. The van der Waals surface area contributed by atoms with Crippen LogP contribution in [0.1, 0.15) is 72.1 Å². The summed E-state index contributed by atoms with van der Waals surface area (Å²) in [5.41, 5.74) is 4.83. The standard InChI is InChI=1S/C39H58O4S2Si/c1-9-44-39(45-10-2)38(42-28-35-24-18-13-19-25-35)37(41-27-34-22-16-12-17-23-34)36(40-26-33-20-14-11-15-21-33)29-43-46(30(3)4,31(5)6)32(7)8/h11-25,30-32,36-39H,9-10,26-29H2,1-8H3. The molecule has 0 aromatic heterocycles. The van der Waals surface area contributed by atoms with E-state index in [0.717, 1.165) is 28.2 Å². The van der Waals surface area contributed by atoms with Crippen molar-refractivity contribution in [2.45, 2.75) is 115 Å². The summed E-state index contributed by atoms with van der Waals surface area (Å²) >= 11 is 3.87. The first-order valence-electron chi connectivity index (χ1n) is 17.1. The number of thioether (sulfide) groups is 2. The van der Waals surface area contributed by atoms with Crippen LogP contribution in [0.25, 0.3) is 0 Å². The Kier molecular flexibility index (Phi) is 17.5. The van der Waals surface area contributed by atoms with Crippen molar-refractivity contribution in [3.63, 3.8) is 0 Å². The molecule has 3 aromatic carbocycles. The van der Waals surface area contributed by atoms with E-state index in [4.69, 9.17) is 18.6 Å². The Morgan fingerprint density at radius 1 is 0.522 bits per heavy atom. The first-order chi connectivity index (χ1) is 22.2. The monoisotopic (exact) mass is 682 g/mol. The Morgan fingerprint density at radius 3 is 1.26 bits per heavy atom. The van der Waals surface area contributed by atoms with Crippen LogP contribution in [0.5, 0.6) is 0 Å². The smallest absolute Gasteiger partial charge is 0.200 e. The third-order valence-electron chi connectivity index (χ3n) is 8.70. The van der Waals surface area contributed by atoms with Gasteiger partial charge in [0.15, 0.2) is 8.32 Å². The molecule has 254 valence electrons. The first kappa shape index (κ1) is 38.9. The fourth-order valence-corrected chi connectivity index (χ4v) is 14.7. The molecule has 3 rings (SSSR count). The van der Waals surface area contributed by atoms with E-state index in [2.05, 4.69) is 134 Å². The lowest BCUT2D eigenvalue weighted by molar-refractivity contribution is -0.156. The molecular weight excluding hydrogens is 625 g/mol. The van der Waals surface area contributed by atoms with E-state index in [0.29, 0.717) is 43.1 Å². The van der Waals surface area contributed by atoms with Crippen molar-refractivity contribution in [1.82, 2.24) is 0 Å². The molecule has 4 nitrogen and oxygen atoms in total. The van der Waals surface area contributed by atoms with Crippen molar-refractivity contribution in [3.05, 3.63) is 108 Å². The Morgan fingerprint density at radius 2 is 0.891 bits per heavy atom. The van der Waals surface area contributed by atoms with Crippen LogP contribution in [0.3, 0.4) is 0 Å². The van der Waals surface area contributed by atoms with Gasteiger partial charge in [0.05, 0.1) is 31.0 Å². The van der Waals surface area contributed by atoms with Crippen LogP contribution in [0.2, 0.25) is 16.6 Å². The van der Waals surface area contributed by atoms with Gasteiger partial charge in [0, 0.05) is 0 Å². The molecule has 7 heteroatoms. The maximum Gasteiger partial charge on any atom is 0.200 e. The molecule has 46 heavy (non-hydrogen) atoms. The molecular formula is C39H58O4S2Si. The highest BCUT2D eigenvalue weighted by Gasteiger charge is 2.47. The van der Waals surface area contributed by atoms with E-state index >= 15 is 0 Å². The topological polar surface area (TPSA) is 36.9 Å². The molecule has 0 spiro atoms. The minimum Gasteiger partial charge on any atom is -0.413 e. The zero-order chi connectivity index (χ0) is 33.4. The lowest BCUT2D eigenvalue weighted by Crippen LogP contribution is -2.53. The largest absolute Gasteiger partial charge is 0.413 e. The highest BCUT2D eigenvalue weighted by Crippen LogP contribution is 2.43. The van der Waals surface area contributed by atoms with Crippen molar-refractivity contribution >= 4 is 31.8 Å². The maximum atomic E-state index is 7.28. The molecule has 0 fully saturated rings. The van der Waals surface area contributed by atoms with Gasteiger partial charge < -0.3 is 18.6 Å². The molecule has 0 heterocycles. The zero-order valence-electron chi connectivity index (χ0n) is 29.4. The summed E-state index contributed by atoms with van der Waals surface area (Å²) in [6.07, 6.45) is -0.907. The van der Waals surface area contributed by atoms with E-state index in [1.165, 1.54) is 0 Å². The Bertz CT molecular complexity index is 1170. The molecule has 0 aliphatic rings. The summed E-state index contributed by atoms with van der Waals surface area (Å²) in [5.74, 6) is 1.98. The molecule has 3 atom stereocenters. The van der Waals surface area contributed by atoms with E-state index in [1.54, 1.807) is 0 Å². The zero-order valence-corrected chi connectivity index (χ0v) is 32.0. The average molecular weight is 683 g/mol. The third kappa shape index (κ3) is 11.5. The number of ether oxygens (including phenoxy) is 3. The van der Waals surface area contributed by atoms with E-state index in [1.807, 2.05) is 35.7 Å². The molecule has 3 aromatic rings. The summed E-state index contributed by atoms with van der Waals surface area (Å²) in [4.78, 5) is 0. The number of benzene rings is 3. The molecule has 0 amide bonds. The Hall–Kier alpha value is -1.58. The Balaban J connectivity index is 2.07. The minimum absolute atomic E-state index is 0.171. The lowest BCUT2D eigenvalue weighted by Gasteiger charge is -2.44. The quantitative estimate of drug-likeness (QED) is 0.0775. The number of hydrogen-bond acceptors (Lipinski definition) is 6. The second-order valence-electron chi connectivity index (χ2n) is 12.8. The molecule has 0 N–H and O–H groups in total. The van der Waals surface area contributed by atoms with E-state index in [9.17, 15) is 0 Å². The van der Waals surface area contributed by atoms with Gasteiger partial charge in [-0.2, -0.15) is 0 Å². The van der Waals surface area contributed by atoms with Crippen LogP contribution in [0.4, 0.5) is 0 Å². The highest BCUT2D eigenvalue weighted by atomic mass is 32.2. The molecule has 0 saturated carbocycles. The predicted molar refractivity (Wildman–Crippen MR) is 202 cm³/mol. The number of hydrogen-bond donors (Lipinski definition) is 0. The van der Waals surface area contributed by atoms with Gasteiger partial charge in [-0.3, -0.25) is 0 Å². The van der Waals surface area contributed by atoms with Crippen molar-refractivity contribution < 1.29 is 18.6 Å². The van der Waals surface area contributed by atoms with Crippen molar-refractivity contribution in [2.75, 3.05) is 18.1 Å². The summed E-state index contributed by atoms with van der Waals surface area (Å²) in [5, 5.41) is 0. The van der Waals surface area contributed by atoms with Crippen LogP contribution in [0, 0.1) is 0 Å². The van der Waals surface area contributed by atoms with Gasteiger partial charge in [0.25, 0.3) is 0 Å². The summed E-state index contributed by atoms with van der Waals surface area (Å²) in [7, 11) is -2.18. The second kappa shape index (κ2) is 20.7. The van der Waals surface area contributed by atoms with Crippen LogP contribution in [-0.4, -0.2) is 49.3 Å². The first-order valence-corrected chi connectivity index (χ1v) is 21.3. The van der Waals surface area contributed by atoms with E-state index in [-0.39, 0.29) is 22.9 Å². The van der Waals surface area contributed by atoms with Crippen molar-refractivity contribution in [2.24, 2.45) is 0 Å². The summed E-state index contributed by atoms with van der Waals surface area (Å²) in [6, 6.07) is 31.3. The molecule has 0 radical (unpaired) electrons. The lowest BCUT2D eigenvalue weighted by atomic mass is 10.1. The second-order valence-corrected chi connectivity index (χ2v) is 21.4. The van der Waals surface area contributed by atoms with Gasteiger partial charge in [0.2, 0.25) is 0 Å². The SMILES string of the molecule is CCSC(SCC)C(OCc1ccccc1)C(OCc1ccccc1)C(CO[Si](C(C)C)(C(C)C)C(C)C)OCc1ccccc1. The van der Waals surface area contributed by atoms with Gasteiger partial charge >= 0.3 is 0 Å². The van der Waals surface area contributed by atoms with Crippen molar-refractivity contribution in [3.8, 4) is 0 Å². The predicted octanol–water partition coefficient (Wildman–Crippen LogP) is 10.8. The van der Waals surface area contributed by atoms with E-state index < -0.39 is 8.32 Å². The Labute approximate surface area is 289 Å². The minimum atomic E-state index is -2.18. The molecule has 3 unspecified atom stereocenters. The van der Waals surface area contributed by atoms with Crippen molar-refractivity contribution in [1.29, 1.82) is 0 Å². The maximum absolute atomic E-state index is 7.28. The van der Waals surface area contributed by atoms with Gasteiger partial charge in [0.1, 0.15) is 18.3 Å². The summed E-state index contributed by atoms with van der Waals surface area (Å²) in [6.45, 7) is 20.4. The van der Waals surface area contributed by atoms with Gasteiger partial charge in [-0.1, -0.05) is 146 Å². The van der Waals surface area contributed by atoms with Crippen LogP contribution < -0.4 is 0 Å². The highest BCUT2D eigenvalue weighted by molar-refractivity contribution is 8.17. The summed E-state index contributed by atoms with van der Waals surface area (Å²) < 4.78 is 28.3. The average Bonchev–Trinajstić information content (AvgIpc) is 3.05. The normalized spacial score (nSPS) is 14.3.